The first-order valence-electron chi connectivity index (χ1n) is 4.65. The summed E-state index contributed by atoms with van der Waals surface area (Å²) in [5, 5.41) is 0.720. The number of H-pyrrole nitrogens is 1. The van der Waals surface area contributed by atoms with Crippen LogP contribution < -0.4 is 0 Å². The minimum Gasteiger partial charge on any atom is -0.339 e. The normalized spacial score (nSPS) is 10.3. The SMILES string of the molecule is O=Cc1cnc(CSc2cccc(Cl)c2)[nH]1. The van der Waals surface area contributed by atoms with Crippen LogP contribution in [0.25, 0.3) is 0 Å². The molecule has 0 unspecified atom stereocenters. The molecule has 0 amide bonds. The van der Waals surface area contributed by atoms with Gasteiger partial charge in [-0.3, -0.25) is 4.79 Å². The number of benzene rings is 1. The van der Waals surface area contributed by atoms with Gasteiger partial charge in [-0.05, 0) is 18.2 Å². The highest BCUT2D eigenvalue weighted by Gasteiger charge is 2.01. The summed E-state index contributed by atoms with van der Waals surface area (Å²) in [6, 6.07) is 7.63. The average Bonchev–Trinajstić information content (AvgIpc) is 2.74. The van der Waals surface area contributed by atoms with Crippen LogP contribution in [0.15, 0.2) is 35.4 Å². The fourth-order valence-electron chi connectivity index (χ4n) is 1.22. The average molecular weight is 253 g/mol. The molecule has 16 heavy (non-hydrogen) atoms. The zero-order chi connectivity index (χ0) is 11.4. The van der Waals surface area contributed by atoms with E-state index in [1.54, 1.807) is 11.8 Å². The van der Waals surface area contributed by atoms with Crippen molar-refractivity contribution in [2.45, 2.75) is 10.6 Å². The lowest BCUT2D eigenvalue weighted by molar-refractivity contribution is 0.111. The molecule has 82 valence electrons. The van der Waals surface area contributed by atoms with E-state index in [0.29, 0.717) is 11.4 Å². The van der Waals surface area contributed by atoms with Crippen molar-refractivity contribution in [2.75, 3.05) is 0 Å². The molecule has 0 fully saturated rings. The smallest absolute Gasteiger partial charge is 0.167 e. The molecular formula is C11H9ClN2OS. The number of aromatic amines is 1. The molecule has 0 saturated heterocycles. The maximum Gasteiger partial charge on any atom is 0.167 e. The first kappa shape index (κ1) is 11.2. The molecule has 1 aromatic carbocycles. The van der Waals surface area contributed by atoms with Crippen LogP contribution in [0, 0.1) is 0 Å². The highest BCUT2D eigenvalue weighted by Crippen LogP contribution is 2.24. The molecule has 5 heteroatoms. The summed E-state index contributed by atoms with van der Waals surface area (Å²) in [6.07, 6.45) is 2.28. The Hall–Kier alpha value is -1.26. The highest BCUT2D eigenvalue weighted by molar-refractivity contribution is 7.98. The molecule has 0 saturated carbocycles. The van der Waals surface area contributed by atoms with Crippen molar-refractivity contribution in [3.05, 3.63) is 47.0 Å². The van der Waals surface area contributed by atoms with Crippen molar-refractivity contribution in [1.82, 2.24) is 9.97 Å². The van der Waals surface area contributed by atoms with E-state index in [-0.39, 0.29) is 0 Å². The lowest BCUT2D eigenvalue weighted by Crippen LogP contribution is -1.84. The number of aromatic nitrogens is 2. The molecule has 1 N–H and O–H groups in total. The van der Waals surface area contributed by atoms with E-state index in [1.165, 1.54) is 6.20 Å². The summed E-state index contributed by atoms with van der Waals surface area (Å²) in [5.41, 5.74) is 0.502. The first-order chi connectivity index (χ1) is 7.78. The Balaban J connectivity index is 1.99. The number of nitrogens with one attached hydrogen (secondary N) is 1. The second kappa shape index (κ2) is 5.18. The number of nitrogens with zero attached hydrogens (tertiary/aromatic N) is 1. The van der Waals surface area contributed by atoms with E-state index >= 15 is 0 Å². The molecular weight excluding hydrogens is 244 g/mol. The van der Waals surface area contributed by atoms with Crippen LogP contribution in [0.4, 0.5) is 0 Å². The van der Waals surface area contributed by atoms with Gasteiger partial charge in [-0.15, -0.1) is 11.8 Å². The molecule has 0 atom stereocenters. The van der Waals surface area contributed by atoms with Crippen LogP contribution >= 0.6 is 23.4 Å². The van der Waals surface area contributed by atoms with Gasteiger partial charge in [-0.2, -0.15) is 0 Å². The monoisotopic (exact) mass is 252 g/mol. The van der Waals surface area contributed by atoms with Crippen molar-refractivity contribution < 1.29 is 4.79 Å². The number of hydrogen-bond acceptors (Lipinski definition) is 3. The molecule has 1 aromatic heterocycles. The van der Waals surface area contributed by atoms with Crippen LogP contribution in [0.2, 0.25) is 5.02 Å². The Kier molecular flexibility index (Phi) is 3.64. The van der Waals surface area contributed by atoms with E-state index in [1.807, 2.05) is 24.3 Å². The van der Waals surface area contributed by atoms with Crippen LogP contribution in [0.3, 0.4) is 0 Å². The number of aldehydes is 1. The molecule has 3 nitrogen and oxygen atoms in total. The summed E-state index contributed by atoms with van der Waals surface area (Å²) in [4.78, 5) is 18.5. The van der Waals surface area contributed by atoms with Gasteiger partial charge < -0.3 is 4.98 Å². The van der Waals surface area contributed by atoms with Gasteiger partial charge in [0.2, 0.25) is 0 Å². The number of carbonyl (C=O) groups is 1. The van der Waals surface area contributed by atoms with Crippen LogP contribution in [0.5, 0.6) is 0 Å². The summed E-state index contributed by atoms with van der Waals surface area (Å²) in [6.45, 7) is 0. The summed E-state index contributed by atoms with van der Waals surface area (Å²) < 4.78 is 0. The van der Waals surface area contributed by atoms with Crippen LogP contribution in [-0.2, 0) is 5.75 Å². The minimum absolute atomic E-state index is 0.502. The third kappa shape index (κ3) is 2.87. The van der Waals surface area contributed by atoms with E-state index in [9.17, 15) is 4.79 Å². The molecule has 0 aliphatic carbocycles. The number of imidazole rings is 1. The van der Waals surface area contributed by atoms with E-state index in [4.69, 9.17) is 11.6 Å². The quantitative estimate of drug-likeness (QED) is 0.672. The fraction of sp³-hybridized carbons (Fsp3) is 0.0909. The second-order valence-electron chi connectivity index (χ2n) is 3.15. The molecule has 0 spiro atoms. The molecule has 0 aliphatic rings. The van der Waals surface area contributed by atoms with Crippen molar-refractivity contribution in [3.8, 4) is 0 Å². The lowest BCUT2D eigenvalue weighted by atomic mass is 10.4. The summed E-state index contributed by atoms with van der Waals surface area (Å²) >= 11 is 7.49. The van der Waals surface area contributed by atoms with Gasteiger partial charge in [0.05, 0.1) is 17.6 Å². The Morgan fingerprint density at radius 2 is 2.38 bits per heavy atom. The molecule has 0 radical (unpaired) electrons. The van der Waals surface area contributed by atoms with Crippen molar-refractivity contribution in [1.29, 1.82) is 0 Å². The lowest BCUT2D eigenvalue weighted by Gasteiger charge is -1.99. The fourth-order valence-corrected chi connectivity index (χ4v) is 2.31. The summed E-state index contributed by atoms with van der Waals surface area (Å²) in [5.74, 6) is 1.47. The molecule has 0 bridgehead atoms. The van der Waals surface area contributed by atoms with Crippen molar-refractivity contribution >= 4 is 29.6 Å². The van der Waals surface area contributed by atoms with Gasteiger partial charge in [0.15, 0.2) is 6.29 Å². The van der Waals surface area contributed by atoms with Crippen LogP contribution in [0.1, 0.15) is 16.3 Å². The molecule has 0 aliphatic heterocycles. The maximum absolute atomic E-state index is 10.4. The Morgan fingerprint density at radius 3 is 3.06 bits per heavy atom. The second-order valence-corrected chi connectivity index (χ2v) is 4.63. The minimum atomic E-state index is 0.502. The number of carbonyl (C=O) groups excluding carboxylic acids is 1. The predicted octanol–water partition coefficient (Wildman–Crippen LogP) is 3.17. The Bertz CT molecular complexity index is 498. The third-order valence-electron chi connectivity index (χ3n) is 1.95. The van der Waals surface area contributed by atoms with Gasteiger partial charge in [-0.25, -0.2) is 4.98 Å². The van der Waals surface area contributed by atoms with Crippen molar-refractivity contribution in [2.24, 2.45) is 0 Å². The first-order valence-corrected chi connectivity index (χ1v) is 6.02. The largest absolute Gasteiger partial charge is 0.339 e. The van der Waals surface area contributed by atoms with E-state index in [2.05, 4.69) is 9.97 Å². The molecule has 1 heterocycles. The molecule has 2 aromatic rings. The van der Waals surface area contributed by atoms with Crippen LogP contribution in [-0.4, -0.2) is 16.3 Å². The Labute approximate surface area is 102 Å². The predicted molar refractivity (Wildman–Crippen MR) is 65.0 cm³/mol. The number of hydrogen-bond donors (Lipinski definition) is 1. The van der Waals surface area contributed by atoms with Gasteiger partial charge in [0.25, 0.3) is 0 Å². The summed E-state index contributed by atoms with van der Waals surface area (Å²) in [7, 11) is 0. The van der Waals surface area contributed by atoms with E-state index < -0.39 is 0 Å². The standard InChI is InChI=1S/C11H9ClN2OS/c12-8-2-1-3-10(4-8)16-7-11-13-5-9(6-15)14-11/h1-6H,7H2,(H,13,14). The van der Waals surface area contributed by atoms with Crippen molar-refractivity contribution in [3.63, 3.8) is 0 Å². The number of thioether (sulfide) groups is 1. The van der Waals surface area contributed by atoms with E-state index in [0.717, 1.165) is 22.0 Å². The topological polar surface area (TPSA) is 45.8 Å². The number of rotatable bonds is 4. The zero-order valence-corrected chi connectivity index (χ0v) is 9.89. The zero-order valence-electron chi connectivity index (χ0n) is 8.31. The van der Waals surface area contributed by atoms with Gasteiger partial charge in [-0.1, -0.05) is 17.7 Å². The van der Waals surface area contributed by atoms with Gasteiger partial charge in [0, 0.05) is 9.92 Å². The van der Waals surface area contributed by atoms with Gasteiger partial charge >= 0.3 is 0 Å². The third-order valence-corrected chi connectivity index (χ3v) is 3.19. The Morgan fingerprint density at radius 1 is 1.50 bits per heavy atom. The molecule has 2 rings (SSSR count). The highest BCUT2D eigenvalue weighted by atomic mass is 35.5. The maximum atomic E-state index is 10.4. The number of halogens is 1. The van der Waals surface area contributed by atoms with Gasteiger partial charge in [0.1, 0.15) is 5.82 Å².